The van der Waals surface area contributed by atoms with E-state index in [2.05, 4.69) is 34.2 Å². The molecule has 1 saturated heterocycles. The fraction of sp³-hybridized carbons (Fsp3) is 0.550. The molecule has 1 aromatic carbocycles. The summed E-state index contributed by atoms with van der Waals surface area (Å²) in [6.45, 7) is 7.78. The van der Waals surface area contributed by atoms with E-state index in [1.165, 1.54) is 6.42 Å². The fourth-order valence-corrected chi connectivity index (χ4v) is 4.54. The first kappa shape index (κ1) is 22.4. The summed E-state index contributed by atoms with van der Waals surface area (Å²) >= 11 is 0. The maximum Gasteiger partial charge on any atom is 0.193 e. The third-order valence-corrected chi connectivity index (χ3v) is 6.20. The van der Waals surface area contributed by atoms with Gasteiger partial charge in [0.05, 0.1) is 6.54 Å². The van der Waals surface area contributed by atoms with E-state index in [4.69, 9.17) is 4.99 Å². The second-order valence-electron chi connectivity index (χ2n) is 6.82. The molecule has 0 amide bonds. The summed E-state index contributed by atoms with van der Waals surface area (Å²) < 4.78 is 12.3. The maximum absolute atomic E-state index is 12.3. The summed E-state index contributed by atoms with van der Waals surface area (Å²) in [5, 5.41) is 3.40. The van der Waals surface area contributed by atoms with Crippen LogP contribution in [0.2, 0.25) is 0 Å². The van der Waals surface area contributed by atoms with Gasteiger partial charge in [-0.1, -0.05) is 42.5 Å². The Hall–Kier alpha value is -0.930. The van der Waals surface area contributed by atoms with E-state index in [0.29, 0.717) is 24.1 Å². The molecule has 2 unspecified atom stereocenters. The molecule has 1 aromatic rings. The zero-order chi connectivity index (χ0) is 18.2. The second-order valence-corrected chi connectivity index (χ2v) is 8.40. The minimum absolute atomic E-state index is 0. The molecule has 2 heterocycles. The number of nitrogens with one attached hydrogen (secondary N) is 1. The first-order valence-electron chi connectivity index (χ1n) is 9.57. The summed E-state index contributed by atoms with van der Waals surface area (Å²) in [4.78, 5) is 9.62. The van der Waals surface area contributed by atoms with Crippen LogP contribution in [0.3, 0.4) is 0 Å². The van der Waals surface area contributed by atoms with E-state index >= 15 is 0 Å². The Morgan fingerprint density at radius 3 is 2.70 bits per heavy atom. The fourth-order valence-electron chi connectivity index (χ4n) is 3.54. The number of halogens is 1. The first-order chi connectivity index (χ1) is 12.8. The van der Waals surface area contributed by atoms with Crippen molar-refractivity contribution in [2.24, 2.45) is 4.99 Å². The quantitative estimate of drug-likeness (QED) is 0.270. The predicted molar refractivity (Wildman–Crippen MR) is 125 cm³/mol. The van der Waals surface area contributed by atoms with Gasteiger partial charge in [-0.2, -0.15) is 0 Å². The highest BCUT2D eigenvalue weighted by atomic mass is 127. The number of benzene rings is 1. The standard InChI is InChI=1S/C20H30N4OS.HI/c1-2-21-20(24-14-10-19(16-24)23-12-6-7-13-23)22-11-15-26(25)17-18-8-4-3-5-9-18;/h3-9,19H,2,10-17H2,1H3,(H,21,22);1H. The van der Waals surface area contributed by atoms with Crippen molar-refractivity contribution in [1.29, 1.82) is 0 Å². The van der Waals surface area contributed by atoms with Crippen molar-refractivity contribution in [3.8, 4) is 0 Å². The van der Waals surface area contributed by atoms with Crippen LogP contribution in [-0.4, -0.2) is 71.0 Å². The van der Waals surface area contributed by atoms with Gasteiger partial charge >= 0.3 is 0 Å². The van der Waals surface area contributed by atoms with E-state index in [1.807, 2.05) is 30.3 Å². The van der Waals surface area contributed by atoms with Crippen molar-refractivity contribution in [2.45, 2.75) is 25.1 Å². The van der Waals surface area contributed by atoms with Crippen LogP contribution in [-0.2, 0) is 16.6 Å². The van der Waals surface area contributed by atoms with Gasteiger partial charge in [0.25, 0.3) is 0 Å². The molecule has 150 valence electrons. The highest BCUT2D eigenvalue weighted by Gasteiger charge is 2.29. The minimum Gasteiger partial charge on any atom is -0.357 e. The lowest BCUT2D eigenvalue weighted by molar-refractivity contribution is 0.259. The second kappa shape index (κ2) is 11.8. The number of guanidine groups is 1. The van der Waals surface area contributed by atoms with Gasteiger partial charge in [-0.3, -0.25) is 14.1 Å². The zero-order valence-electron chi connectivity index (χ0n) is 16.0. The molecule has 0 bridgehead atoms. The van der Waals surface area contributed by atoms with Gasteiger partial charge < -0.3 is 10.2 Å². The SMILES string of the molecule is CCNC(=NCCS(=O)Cc1ccccc1)N1CCC(N2CC=CC2)C1.I. The topological polar surface area (TPSA) is 47.9 Å². The molecule has 5 nitrogen and oxygen atoms in total. The summed E-state index contributed by atoms with van der Waals surface area (Å²) in [5.74, 6) is 2.19. The smallest absolute Gasteiger partial charge is 0.193 e. The van der Waals surface area contributed by atoms with Crippen molar-refractivity contribution in [2.75, 3.05) is 45.0 Å². The average molecular weight is 502 g/mol. The molecule has 2 atom stereocenters. The Labute approximate surface area is 182 Å². The minimum atomic E-state index is -0.872. The van der Waals surface area contributed by atoms with Crippen LogP contribution in [0.1, 0.15) is 18.9 Å². The largest absolute Gasteiger partial charge is 0.357 e. The average Bonchev–Trinajstić information content (AvgIpc) is 3.33. The molecule has 0 radical (unpaired) electrons. The Kier molecular flexibility index (Phi) is 9.78. The third-order valence-electron chi connectivity index (χ3n) is 4.91. The molecule has 0 aromatic heterocycles. The summed E-state index contributed by atoms with van der Waals surface area (Å²) in [6, 6.07) is 10.6. The predicted octanol–water partition coefficient (Wildman–Crippen LogP) is 2.46. The number of nitrogens with zero attached hydrogens (tertiary/aromatic N) is 3. The first-order valence-corrected chi connectivity index (χ1v) is 11.1. The van der Waals surface area contributed by atoms with Crippen molar-refractivity contribution >= 4 is 40.7 Å². The molecule has 7 heteroatoms. The Balaban J connectivity index is 0.00000261. The number of rotatable bonds is 7. The van der Waals surface area contributed by atoms with Gasteiger partial charge in [0, 0.05) is 61.1 Å². The molecular formula is C20H31IN4OS. The monoisotopic (exact) mass is 502 g/mol. The molecule has 3 rings (SSSR count). The summed E-state index contributed by atoms with van der Waals surface area (Å²) in [5.41, 5.74) is 1.13. The Morgan fingerprint density at radius 2 is 2.00 bits per heavy atom. The zero-order valence-corrected chi connectivity index (χ0v) is 19.2. The number of likely N-dealkylation sites (tertiary alicyclic amines) is 1. The lowest BCUT2D eigenvalue weighted by atomic mass is 10.2. The lowest BCUT2D eigenvalue weighted by Gasteiger charge is -2.25. The summed E-state index contributed by atoms with van der Waals surface area (Å²) in [7, 11) is -0.872. The highest BCUT2D eigenvalue weighted by Crippen LogP contribution is 2.17. The van der Waals surface area contributed by atoms with E-state index in [9.17, 15) is 4.21 Å². The van der Waals surface area contributed by atoms with Crippen LogP contribution in [0.25, 0.3) is 0 Å². The molecular weight excluding hydrogens is 471 g/mol. The molecule has 0 aliphatic carbocycles. The number of hydrogen-bond acceptors (Lipinski definition) is 3. The molecule has 27 heavy (non-hydrogen) atoms. The van der Waals surface area contributed by atoms with Gasteiger partial charge in [0.2, 0.25) is 0 Å². The maximum atomic E-state index is 12.3. The van der Waals surface area contributed by atoms with Crippen LogP contribution in [0, 0.1) is 0 Å². The van der Waals surface area contributed by atoms with E-state index < -0.39 is 10.8 Å². The third kappa shape index (κ3) is 6.87. The van der Waals surface area contributed by atoms with Crippen LogP contribution < -0.4 is 5.32 Å². The van der Waals surface area contributed by atoms with E-state index in [-0.39, 0.29) is 24.0 Å². The molecule has 1 N–H and O–H groups in total. The van der Waals surface area contributed by atoms with Crippen molar-refractivity contribution in [3.05, 3.63) is 48.0 Å². The molecule has 2 aliphatic rings. The van der Waals surface area contributed by atoms with Gasteiger partial charge in [-0.15, -0.1) is 24.0 Å². The lowest BCUT2D eigenvalue weighted by Crippen LogP contribution is -2.43. The van der Waals surface area contributed by atoms with E-state index in [1.54, 1.807) is 0 Å². The number of aliphatic imine (C=N–C) groups is 1. The van der Waals surface area contributed by atoms with Crippen molar-refractivity contribution in [1.82, 2.24) is 15.1 Å². The van der Waals surface area contributed by atoms with Gasteiger partial charge in [-0.05, 0) is 18.9 Å². The summed E-state index contributed by atoms with van der Waals surface area (Å²) in [6.07, 6.45) is 5.69. The van der Waals surface area contributed by atoms with Crippen molar-refractivity contribution < 1.29 is 4.21 Å². The Morgan fingerprint density at radius 1 is 1.26 bits per heavy atom. The highest BCUT2D eigenvalue weighted by molar-refractivity contribution is 14.0. The van der Waals surface area contributed by atoms with E-state index in [0.717, 1.165) is 44.2 Å². The normalized spacial score (nSPS) is 21.3. The van der Waals surface area contributed by atoms with Gasteiger partial charge in [0.1, 0.15) is 0 Å². The molecule has 0 spiro atoms. The van der Waals surface area contributed by atoms with Gasteiger partial charge in [-0.25, -0.2) is 0 Å². The molecule has 0 saturated carbocycles. The van der Waals surface area contributed by atoms with Crippen LogP contribution in [0.15, 0.2) is 47.5 Å². The van der Waals surface area contributed by atoms with Crippen molar-refractivity contribution in [3.63, 3.8) is 0 Å². The molecule has 2 aliphatic heterocycles. The van der Waals surface area contributed by atoms with Crippen LogP contribution in [0.5, 0.6) is 0 Å². The Bertz CT molecular complexity index is 645. The van der Waals surface area contributed by atoms with Crippen LogP contribution in [0.4, 0.5) is 0 Å². The van der Waals surface area contributed by atoms with Crippen LogP contribution >= 0.6 is 24.0 Å². The molecule has 1 fully saturated rings. The van der Waals surface area contributed by atoms with Gasteiger partial charge in [0.15, 0.2) is 5.96 Å². The number of hydrogen-bond donors (Lipinski definition) is 1.